The van der Waals surface area contributed by atoms with Gasteiger partial charge in [-0.15, -0.1) is 0 Å². The molecule has 0 spiro atoms. The quantitative estimate of drug-likeness (QED) is 0.537. The second-order valence-corrected chi connectivity index (χ2v) is 11.7. The first-order chi connectivity index (χ1) is 17.7. The smallest absolute Gasteiger partial charge is 0.244 e. The molecule has 0 fully saturated rings. The third-order valence-corrected chi connectivity index (χ3v) is 9.59. The third kappa shape index (κ3) is 4.55. The molecule has 10 heteroatoms. The zero-order valence-electron chi connectivity index (χ0n) is 20.2. The second kappa shape index (κ2) is 9.95. The summed E-state index contributed by atoms with van der Waals surface area (Å²) in [7, 11) is -4.00. The van der Waals surface area contributed by atoms with Crippen LogP contribution < -0.4 is 10.4 Å². The number of allylic oxidation sites excluding steroid dienone is 3. The number of halogens is 2. The first kappa shape index (κ1) is 25.5. The van der Waals surface area contributed by atoms with E-state index in [2.05, 4.69) is 18.4 Å². The molecule has 7 nitrogen and oxygen atoms in total. The molecule has 3 aliphatic rings. The summed E-state index contributed by atoms with van der Waals surface area (Å²) in [5.41, 5.74) is 8.83. The molecule has 2 aliphatic carbocycles. The number of hydrogen-bond donors (Lipinski definition) is 2. The fourth-order valence-corrected chi connectivity index (χ4v) is 7.49. The molecule has 0 unspecified atom stereocenters. The van der Waals surface area contributed by atoms with Crippen molar-refractivity contribution in [1.29, 1.82) is 5.26 Å². The maximum Gasteiger partial charge on any atom is 0.244 e. The number of aliphatic hydroxyl groups excluding tert-OH is 1. The van der Waals surface area contributed by atoms with Crippen LogP contribution in [-0.2, 0) is 10.0 Å². The Kier molecular flexibility index (Phi) is 6.86. The van der Waals surface area contributed by atoms with Gasteiger partial charge >= 0.3 is 0 Å². The van der Waals surface area contributed by atoms with Gasteiger partial charge in [0, 0.05) is 30.8 Å². The maximum absolute atomic E-state index is 13.5. The zero-order chi connectivity index (χ0) is 26.3. The minimum absolute atomic E-state index is 0.0185. The highest BCUT2D eigenvalue weighted by Crippen LogP contribution is 2.48. The number of benzene rings is 2. The number of rotatable bonds is 7. The Morgan fingerprint density at radius 2 is 2.03 bits per heavy atom. The lowest BCUT2D eigenvalue weighted by Crippen LogP contribution is -2.38. The zero-order valence-corrected chi connectivity index (χ0v) is 21.7. The fraction of sp³-hybridized carbons (Fsp3) is 0.296. The highest BCUT2D eigenvalue weighted by atomic mass is 35.5. The summed E-state index contributed by atoms with van der Waals surface area (Å²) < 4.78 is 41.8. The van der Waals surface area contributed by atoms with E-state index < -0.39 is 10.0 Å². The number of nitriles is 1. The molecule has 1 aliphatic heterocycles. The van der Waals surface area contributed by atoms with E-state index in [1.54, 1.807) is 12.1 Å². The molecule has 0 aromatic heterocycles. The summed E-state index contributed by atoms with van der Waals surface area (Å²) in [5.74, 6) is -0.268. The average Bonchev–Trinajstić information content (AvgIpc) is 3.49. The Morgan fingerprint density at radius 1 is 1.27 bits per heavy atom. The average molecular weight is 541 g/mol. The molecule has 0 radical (unpaired) electrons. The van der Waals surface area contributed by atoms with Crippen molar-refractivity contribution in [2.75, 3.05) is 24.7 Å². The van der Waals surface area contributed by atoms with Crippen LogP contribution in [0, 0.1) is 29.0 Å². The van der Waals surface area contributed by atoms with Gasteiger partial charge in [0.05, 0.1) is 34.6 Å². The molecule has 2 atom stereocenters. The standard InChI is InChI=1S/C27H26ClFN4O3S/c1-17-23-15-31-33(22-7-5-21(29)6-8-22)25(23)13-19-3-4-20(27(17)19)16-32(10-11-34)37(35,36)26-9-2-18(14-30)12-24(26)28/h2,5-9,12-13,15,17,20,31,34H,3-4,10-11,16H2,1H3/t17-,20+/m0/s1. The van der Waals surface area contributed by atoms with E-state index in [0.29, 0.717) is 0 Å². The molecular formula is C27H26ClFN4O3S. The third-order valence-electron chi connectivity index (χ3n) is 7.24. The maximum atomic E-state index is 13.5. The topological polar surface area (TPSA) is 96.7 Å². The molecule has 1 heterocycles. The molecule has 37 heavy (non-hydrogen) atoms. The lowest BCUT2D eigenvalue weighted by atomic mass is 9.80. The van der Waals surface area contributed by atoms with Crippen LogP contribution in [-0.4, -0.2) is 37.5 Å². The summed E-state index contributed by atoms with van der Waals surface area (Å²) in [6.07, 6.45) is 5.67. The summed E-state index contributed by atoms with van der Waals surface area (Å²) in [6, 6.07) is 12.4. The van der Waals surface area contributed by atoms with Crippen LogP contribution in [0.25, 0.3) is 0 Å². The van der Waals surface area contributed by atoms with E-state index in [-0.39, 0.29) is 52.8 Å². The van der Waals surface area contributed by atoms with Gasteiger partial charge in [0.1, 0.15) is 10.7 Å². The number of hydrogen-bond acceptors (Lipinski definition) is 6. The minimum Gasteiger partial charge on any atom is -0.395 e. The molecule has 0 bridgehead atoms. The van der Waals surface area contributed by atoms with Crippen molar-refractivity contribution in [1.82, 2.24) is 9.73 Å². The van der Waals surface area contributed by atoms with Gasteiger partial charge in [-0.1, -0.05) is 24.1 Å². The first-order valence-electron chi connectivity index (χ1n) is 12.0. The SMILES string of the molecule is C[C@H]1C2=CNN(c3ccc(F)cc3)C2=CC2=C1[C@@H](CN(CCO)S(=O)(=O)c1ccc(C#N)cc1Cl)CC2. The minimum atomic E-state index is -4.00. The number of hydrazine groups is 1. The highest BCUT2D eigenvalue weighted by Gasteiger charge is 2.40. The Hall–Kier alpha value is -3.16. The first-order valence-corrected chi connectivity index (χ1v) is 13.8. The number of anilines is 1. The van der Waals surface area contributed by atoms with Crippen molar-refractivity contribution >= 4 is 27.3 Å². The molecule has 0 saturated carbocycles. The van der Waals surface area contributed by atoms with Crippen LogP contribution in [0.1, 0.15) is 25.3 Å². The van der Waals surface area contributed by atoms with Crippen LogP contribution in [0.3, 0.4) is 0 Å². The van der Waals surface area contributed by atoms with Gasteiger partial charge in [0.15, 0.2) is 0 Å². The number of sulfonamides is 1. The van der Waals surface area contributed by atoms with Gasteiger partial charge < -0.3 is 10.5 Å². The van der Waals surface area contributed by atoms with Crippen molar-refractivity contribution in [3.63, 3.8) is 0 Å². The van der Waals surface area contributed by atoms with E-state index in [4.69, 9.17) is 16.9 Å². The predicted octanol–water partition coefficient (Wildman–Crippen LogP) is 4.48. The Balaban J connectivity index is 1.44. The summed E-state index contributed by atoms with van der Waals surface area (Å²) in [5, 5.41) is 20.7. The van der Waals surface area contributed by atoms with E-state index in [1.165, 1.54) is 45.8 Å². The van der Waals surface area contributed by atoms with Crippen molar-refractivity contribution < 1.29 is 17.9 Å². The summed E-state index contributed by atoms with van der Waals surface area (Å²) in [6.45, 7) is 1.95. The van der Waals surface area contributed by atoms with Crippen LogP contribution >= 0.6 is 11.6 Å². The van der Waals surface area contributed by atoms with Crippen molar-refractivity contribution in [2.45, 2.75) is 24.7 Å². The molecule has 0 amide bonds. The van der Waals surface area contributed by atoms with Gasteiger partial charge in [-0.3, -0.25) is 5.01 Å². The number of fused-ring (bicyclic) bond motifs is 1. The molecule has 2 N–H and O–H groups in total. The van der Waals surface area contributed by atoms with Crippen molar-refractivity contribution in [3.05, 3.63) is 93.6 Å². The normalized spacial score (nSPS) is 20.8. The molecule has 5 rings (SSSR count). The molecule has 192 valence electrons. The number of aliphatic hydroxyl groups is 1. The Bertz CT molecular complexity index is 1480. The van der Waals surface area contributed by atoms with E-state index >= 15 is 0 Å². The van der Waals surface area contributed by atoms with E-state index in [0.717, 1.165) is 29.8 Å². The lowest BCUT2D eigenvalue weighted by molar-refractivity contribution is 0.243. The van der Waals surface area contributed by atoms with Crippen LogP contribution in [0.15, 0.2) is 82.1 Å². The molecular weight excluding hydrogens is 515 g/mol. The predicted molar refractivity (Wildman–Crippen MR) is 139 cm³/mol. The van der Waals surface area contributed by atoms with Gasteiger partial charge in [0.25, 0.3) is 0 Å². The van der Waals surface area contributed by atoms with Gasteiger partial charge in [-0.2, -0.15) is 9.57 Å². The monoisotopic (exact) mass is 540 g/mol. The Labute approximate surface area is 220 Å². The van der Waals surface area contributed by atoms with E-state index in [1.807, 2.05) is 17.3 Å². The van der Waals surface area contributed by atoms with Crippen LogP contribution in [0.4, 0.5) is 10.1 Å². The van der Waals surface area contributed by atoms with E-state index in [9.17, 15) is 17.9 Å². The van der Waals surface area contributed by atoms with Gasteiger partial charge in [-0.25, -0.2) is 12.8 Å². The lowest BCUT2D eigenvalue weighted by Gasteiger charge is -2.32. The van der Waals surface area contributed by atoms with Gasteiger partial charge in [0.2, 0.25) is 10.0 Å². The molecule has 0 saturated heterocycles. The second-order valence-electron chi connectivity index (χ2n) is 9.35. The highest BCUT2D eigenvalue weighted by molar-refractivity contribution is 7.89. The Morgan fingerprint density at radius 3 is 2.70 bits per heavy atom. The van der Waals surface area contributed by atoms with Crippen LogP contribution in [0.2, 0.25) is 5.02 Å². The summed E-state index contributed by atoms with van der Waals surface area (Å²) >= 11 is 6.24. The molecule has 2 aromatic rings. The van der Waals surface area contributed by atoms with Gasteiger partial charge in [-0.05, 0) is 72.9 Å². The largest absolute Gasteiger partial charge is 0.395 e. The number of nitrogens with one attached hydrogen (secondary N) is 1. The number of nitrogens with zero attached hydrogens (tertiary/aromatic N) is 3. The van der Waals surface area contributed by atoms with Crippen LogP contribution in [0.5, 0.6) is 0 Å². The molecule has 2 aromatic carbocycles. The fourth-order valence-electron chi connectivity index (χ4n) is 5.49. The van der Waals surface area contributed by atoms with Crippen molar-refractivity contribution in [2.24, 2.45) is 11.8 Å². The summed E-state index contributed by atoms with van der Waals surface area (Å²) in [4.78, 5) is -0.0784. The van der Waals surface area contributed by atoms with Crippen molar-refractivity contribution in [3.8, 4) is 6.07 Å².